The van der Waals surface area contributed by atoms with Gasteiger partial charge in [0.25, 0.3) is 0 Å². The van der Waals surface area contributed by atoms with Gasteiger partial charge in [-0.25, -0.2) is 14.6 Å². The first-order chi connectivity index (χ1) is 12.9. The first-order valence-electron chi connectivity index (χ1n) is 8.75. The van der Waals surface area contributed by atoms with Gasteiger partial charge in [-0.05, 0) is 26.3 Å². The Kier molecular flexibility index (Phi) is 3.95. The van der Waals surface area contributed by atoms with E-state index < -0.39 is 5.41 Å². The number of methoxy groups -OCH3 is 1. The van der Waals surface area contributed by atoms with E-state index in [1.807, 2.05) is 19.9 Å². The number of hydrogen-bond acceptors (Lipinski definition) is 5. The van der Waals surface area contributed by atoms with Crippen molar-refractivity contribution in [2.45, 2.75) is 32.7 Å². The maximum Gasteiger partial charge on any atom is 0.235 e. The second-order valence-electron chi connectivity index (χ2n) is 7.25. The lowest BCUT2D eigenvalue weighted by atomic mass is 9.88. The van der Waals surface area contributed by atoms with Gasteiger partial charge in [-0.2, -0.15) is 5.10 Å². The standard InChI is InChI=1S/C20H21N5O2/c1-12-6-5-7-13(8-12)11-25-16(27-4)9-15(24-25)18-21-10-14-17(22-18)23-19(26)20(14,2)3/h5-10H,11H2,1-4H3,(H,21,22,23,26). The number of aryl methyl sites for hydroxylation is 1. The number of ether oxygens (including phenoxy) is 1. The van der Waals surface area contributed by atoms with E-state index in [2.05, 4.69) is 45.5 Å². The van der Waals surface area contributed by atoms with Gasteiger partial charge >= 0.3 is 0 Å². The van der Waals surface area contributed by atoms with Crippen molar-refractivity contribution < 1.29 is 9.53 Å². The monoisotopic (exact) mass is 363 g/mol. The Balaban J connectivity index is 1.69. The highest BCUT2D eigenvalue weighted by molar-refractivity contribution is 6.04. The van der Waals surface area contributed by atoms with E-state index in [4.69, 9.17) is 4.74 Å². The molecule has 3 heterocycles. The lowest BCUT2D eigenvalue weighted by molar-refractivity contribution is -0.119. The Hall–Kier alpha value is -3.22. The van der Waals surface area contributed by atoms with E-state index in [1.54, 1.807) is 24.1 Å². The minimum absolute atomic E-state index is 0.0773. The maximum atomic E-state index is 12.1. The van der Waals surface area contributed by atoms with Crippen molar-refractivity contribution in [3.05, 3.63) is 53.2 Å². The van der Waals surface area contributed by atoms with Crippen LogP contribution in [-0.4, -0.2) is 32.8 Å². The Bertz CT molecular complexity index is 1040. The van der Waals surface area contributed by atoms with Gasteiger partial charge in [-0.15, -0.1) is 0 Å². The molecular weight excluding hydrogens is 342 g/mol. The Labute approximate surface area is 157 Å². The van der Waals surface area contributed by atoms with Crippen LogP contribution in [0, 0.1) is 6.92 Å². The zero-order chi connectivity index (χ0) is 19.2. The summed E-state index contributed by atoms with van der Waals surface area (Å²) >= 11 is 0. The van der Waals surface area contributed by atoms with Gasteiger partial charge in [0.2, 0.25) is 11.8 Å². The zero-order valence-corrected chi connectivity index (χ0v) is 15.8. The fourth-order valence-electron chi connectivity index (χ4n) is 3.21. The van der Waals surface area contributed by atoms with Crippen molar-refractivity contribution in [1.82, 2.24) is 19.7 Å². The van der Waals surface area contributed by atoms with Crippen LogP contribution in [0.3, 0.4) is 0 Å². The molecule has 1 N–H and O–H groups in total. The smallest absolute Gasteiger partial charge is 0.235 e. The Morgan fingerprint density at radius 1 is 1.26 bits per heavy atom. The molecule has 27 heavy (non-hydrogen) atoms. The summed E-state index contributed by atoms with van der Waals surface area (Å²) in [5.41, 5.74) is 3.09. The molecule has 7 heteroatoms. The first-order valence-corrected chi connectivity index (χ1v) is 8.75. The highest BCUT2D eigenvalue weighted by atomic mass is 16.5. The fourth-order valence-corrected chi connectivity index (χ4v) is 3.21. The molecule has 0 saturated heterocycles. The number of anilines is 1. The molecule has 1 aliphatic rings. The van der Waals surface area contributed by atoms with Crippen molar-refractivity contribution in [3.8, 4) is 17.4 Å². The van der Waals surface area contributed by atoms with Gasteiger partial charge in [0, 0.05) is 17.8 Å². The van der Waals surface area contributed by atoms with Gasteiger partial charge in [0.15, 0.2) is 5.82 Å². The second kappa shape index (κ2) is 6.19. The van der Waals surface area contributed by atoms with Gasteiger partial charge in [0.05, 0.1) is 19.1 Å². The average molecular weight is 363 g/mol. The van der Waals surface area contributed by atoms with E-state index in [0.717, 1.165) is 11.1 Å². The maximum absolute atomic E-state index is 12.1. The molecule has 7 nitrogen and oxygen atoms in total. The van der Waals surface area contributed by atoms with Crippen LogP contribution in [0.1, 0.15) is 30.5 Å². The van der Waals surface area contributed by atoms with Gasteiger partial charge < -0.3 is 10.1 Å². The SMILES string of the molecule is COc1cc(-c2ncc3c(n2)NC(=O)C3(C)C)nn1Cc1cccc(C)c1. The normalized spacial score (nSPS) is 14.7. The number of rotatable bonds is 4. The van der Waals surface area contributed by atoms with E-state index in [-0.39, 0.29) is 5.91 Å². The molecule has 0 fully saturated rings. The number of amides is 1. The van der Waals surface area contributed by atoms with Crippen molar-refractivity contribution in [1.29, 1.82) is 0 Å². The summed E-state index contributed by atoms with van der Waals surface area (Å²) in [4.78, 5) is 21.0. The largest absolute Gasteiger partial charge is 0.481 e. The van der Waals surface area contributed by atoms with Crippen LogP contribution in [0.2, 0.25) is 0 Å². The molecule has 0 unspecified atom stereocenters. The van der Waals surface area contributed by atoms with Gasteiger partial charge in [0.1, 0.15) is 11.5 Å². The summed E-state index contributed by atoms with van der Waals surface area (Å²) in [6.45, 7) is 6.36. The molecule has 0 radical (unpaired) electrons. The third-order valence-corrected chi connectivity index (χ3v) is 4.86. The number of aromatic nitrogens is 4. The molecule has 0 atom stereocenters. The van der Waals surface area contributed by atoms with Crippen molar-refractivity contribution in [2.24, 2.45) is 0 Å². The summed E-state index contributed by atoms with van der Waals surface area (Å²) < 4.78 is 7.25. The number of carbonyl (C=O) groups excluding carboxylic acids is 1. The highest BCUT2D eigenvalue weighted by Gasteiger charge is 2.40. The van der Waals surface area contributed by atoms with E-state index >= 15 is 0 Å². The molecule has 138 valence electrons. The predicted molar refractivity (Wildman–Crippen MR) is 102 cm³/mol. The molecule has 0 bridgehead atoms. The highest BCUT2D eigenvalue weighted by Crippen LogP contribution is 2.36. The predicted octanol–water partition coefficient (Wildman–Crippen LogP) is 2.94. The lowest BCUT2D eigenvalue weighted by Gasteiger charge is -2.13. The number of hydrogen-bond donors (Lipinski definition) is 1. The van der Waals surface area contributed by atoms with Gasteiger partial charge in [-0.1, -0.05) is 29.8 Å². The minimum atomic E-state index is -0.629. The molecule has 2 aromatic heterocycles. The van der Waals surface area contributed by atoms with Crippen LogP contribution in [-0.2, 0) is 16.8 Å². The molecule has 4 rings (SSSR count). The van der Waals surface area contributed by atoms with E-state index in [1.165, 1.54) is 5.56 Å². The van der Waals surface area contributed by atoms with Crippen molar-refractivity contribution in [2.75, 3.05) is 12.4 Å². The number of nitrogens with zero attached hydrogens (tertiary/aromatic N) is 4. The van der Waals surface area contributed by atoms with Crippen LogP contribution in [0.25, 0.3) is 11.5 Å². The second-order valence-corrected chi connectivity index (χ2v) is 7.25. The summed E-state index contributed by atoms with van der Waals surface area (Å²) in [6, 6.07) is 10.1. The molecule has 1 amide bonds. The quantitative estimate of drug-likeness (QED) is 0.771. The fraction of sp³-hybridized carbons (Fsp3) is 0.300. The summed E-state index contributed by atoms with van der Waals surface area (Å²) in [6.07, 6.45) is 1.70. The number of benzene rings is 1. The average Bonchev–Trinajstić information content (AvgIpc) is 3.13. The van der Waals surface area contributed by atoms with Crippen LogP contribution >= 0.6 is 0 Å². The van der Waals surface area contributed by atoms with E-state index in [0.29, 0.717) is 29.8 Å². The molecular formula is C20H21N5O2. The van der Waals surface area contributed by atoms with Crippen molar-refractivity contribution in [3.63, 3.8) is 0 Å². The minimum Gasteiger partial charge on any atom is -0.481 e. The number of fused-ring (bicyclic) bond motifs is 1. The summed E-state index contributed by atoms with van der Waals surface area (Å²) in [5, 5.41) is 7.43. The third-order valence-electron chi connectivity index (χ3n) is 4.86. The molecule has 0 spiro atoms. The Morgan fingerprint density at radius 2 is 2.07 bits per heavy atom. The summed E-state index contributed by atoms with van der Waals surface area (Å²) in [7, 11) is 1.61. The lowest BCUT2D eigenvalue weighted by Crippen LogP contribution is -2.26. The topological polar surface area (TPSA) is 81.9 Å². The Morgan fingerprint density at radius 3 is 2.81 bits per heavy atom. The number of nitrogens with one attached hydrogen (secondary N) is 1. The first kappa shape index (κ1) is 17.2. The molecule has 3 aromatic rings. The third kappa shape index (κ3) is 2.95. The molecule has 0 aliphatic carbocycles. The van der Waals surface area contributed by atoms with E-state index in [9.17, 15) is 4.79 Å². The number of carbonyl (C=O) groups is 1. The van der Waals surface area contributed by atoms with Crippen LogP contribution < -0.4 is 10.1 Å². The summed E-state index contributed by atoms with van der Waals surface area (Å²) in [5.74, 6) is 1.54. The van der Waals surface area contributed by atoms with Crippen LogP contribution in [0.5, 0.6) is 5.88 Å². The molecule has 1 aliphatic heterocycles. The molecule has 1 aromatic carbocycles. The van der Waals surface area contributed by atoms with Gasteiger partial charge in [-0.3, -0.25) is 4.79 Å². The molecule has 0 saturated carbocycles. The van der Waals surface area contributed by atoms with Crippen molar-refractivity contribution >= 4 is 11.7 Å². The van der Waals surface area contributed by atoms with Crippen LogP contribution in [0.15, 0.2) is 36.5 Å². The van der Waals surface area contributed by atoms with Crippen LogP contribution in [0.4, 0.5) is 5.82 Å². The zero-order valence-electron chi connectivity index (χ0n) is 15.8.